The Morgan fingerprint density at radius 1 is 0.919 bits per heavy atom. The minimum absolute atomic E-state index is 0.0908. The Kier molecular flexibility index (Phi) is 4.63. The topological polar surface area (TPSA) is 77.2 Å². The Labute approximate surface area is 223 Å². The highest BCUT2D eigenvalue weighted by atomic mass is 32.1. The Bertz CT molecular complexity index is 1950. The molecule has 182 valence electrons. The summed E-state index contributed by atoms with van der Waals surface area (Å²) in [7, 11) is 2.13. The predicted molar refractivity (Wildman–Crippen MR) is 153 cm³/mol. The second kappa shape index (κ2) is 7.86. The Balaban J connectivity index is 1.26. The van der Waals surface area contributed by atoms with Crippen molar-refractivity contribution in [3.05, 3.63) is 42.5 Å². The van der Waals surface area contributed by atoms with Gasteiger partial charge >= 0.3 is 0 Å². The lowest BCUT2D eigenvalue weighted by molar-refractivity contribution is -0.120. The van der Waals surface area contributed by atoms with Crippen molar-refractivity contribution < 1.29 is 9.59 Å². The maximum absolute atomic E-state index is 13.0. The zero-order chi connectivity index (χ0) is 24.8. The normalized spacial score (nSPS) is 20.2. The quantitative estimate of drug-likeness (QED) is 0.231. The minimum Gasteiger partial charge on any atom is -0.342 e. The highest BCUT2D eigenvalue weighted by molar-refractivity contribution is 7.32. The summed E-state index contributed by atoms with van der Waals surface area (Å²) in [6, 6.07) is 14.7. The first-order valence-electron chi connectivity index (χ1n) is 12.4. The zero-order valence-corrected chi connectivity index (χ0v) is 22.3. The van der Waals surface area contributed by atoms with Crippen molar-refractivity contribution in [1.82, 2.24) is 13.3 Å². The molecule has 2 aromatic carbocycles. The number of nitrogens with zero attached hydrogens (tertiary/aromatic N) is 4. The van der Waals surface area contributed by atoms with Crippen molar-refractivity contribution in [2.45, 2.75) is 25.7 Å². The molecule has 0 amide bonds. The van der Waals surface area contributed by atoms with Gasteiger partial charge in [-0.15, -0.1) is 22.7 Å². The van der Waals surface area contributed by atoms with Crippen LogP contribution in [-0.4, -0.2) is 30.6 Å². The smallest absolute Gasteiger partial charge is 0.188 e. The van der Waals surface area contributed by atoms with Gasteiger partial charge in [-0.2, -0.15) is 8.75 Å². The van der Waals surface area contributed by atoms with Crippen LogP contribution in [0.3, 0.4) is 0 Å². The van der Waals surface area contributed by atoms with Crippen LogP contribution >= 0.6 is 34.4 Å². The van der Waals surface area contributed by atoms with Crippen molar-refractivity contribution in [1.29, 1.82) is 0 Å². The van der Waals surface area contributed by atoms with Gasteiger partial charge in [-0.3, -0.25) is 9.59 Å². The molecular weight excluding hydrogens is 521 g/mol. The maximum Gasteiger partial charge on any atom is 0.188 e. The third-order valence-corrected chi connectivity index (χ3v) is 11.0. The van der Waals surface area contributed by atoms with Crippen LogP contribution in [0.4, 0.5) is 5.69 Å². The van der Waals surface area contributed by atoms with E-state index in [4.69, 9.17) is 0 Å². The fraction of sp³-hybridized carbons (Fsp3) is 0.250. The molecule has 2 fully saturated rings. The van der Waals surface area contributed by atoms with Crippen LogP contribution < -0.4 is 0 Å². The first-order chi connectivity index (χ1) is 18.1. The molecule has 0 bridgehead atoms. The van der Waals surface area contributed by atoms with E-state index < -0.39 is 0 Å². The number of aromatic nitrogens is 3. The van der Waals surface area contributed by atoms with Gasteiger partial charge in [0.05, 0.1) is 37.8 Å². The van der Waals surface area contributed by atoms with Crippen LogP contribution in [0.25, 0.3) is 52.0 Å². The summed E-state index contributed by atoms with van der Waals surface area (Å²) in [5.41, 5.74) is 5.56. The van der Waals surface area contributed by atoms with Crippen LogP contribution in [0.15, 0.2) is 47.5 Å². The van der Waals surface area contributed by atoms with Gasteiger partial charge in [-0.1, -0.05) is 31.0 Å². The summed E-state index contributed by atoms with van der Waals surface area (Å²) in [6.07, 6.45) is 3.59. The number of hydrogen-bond donors (Lipinski definition) is 0. The van der Waals surface area contributed by atoms with E-state index in [0.29, 0.717) is 11.2 Å². The molecule has 0 radical (unpaired) electrons. The molecule has 8 rings (SSSR count). The number of aryl methyl sites for hydroxylation is 1. The number of Topliss-reactive ketones (excluding diaryl/α,β-unsaturated/α-hetero) is 2. The van der Waals surface area contributed by atoms with Gasteiger partial charge in [0.1, 0.15) is 11.0 Å². The second-order valence-corrected chi connectivity index (χ2v) is 12.6. The number of fused-ring (bicyclic) bond motifs is 7. The lowest BCUT2D eigenvalue weighted by atomic mass is 9.81. The standard InChI is InChI=1S/C28H20N4O2S3/c1-32-18-12-20(36-27(18)28-24(32)16-8-4-5-9-19(16)35-28)15-10-11-17(22-21(15)30-37-31-22)29-23-25(33)13-6-2-3-7-14(13)26(23)34/h4-5,8-14H,2-3,6-7H2,1H3. The molecule has 2 aliphatic carbocycles. The van der Waals surface area contributed by atoms with E-state index in [9.17, 15) is 9.59 Å². The van der Waals surface area contributed by atoms with Gasteiger partial charge in [-0.25, -0.2) is 4.99 Å². The first-order valence-corrected chi connectivity index (χ1v) is 14.8. The van der Waals surface area contributed by atoms with Crippen molar-refractivity contribution in [2.24, 2.45) is 23.9 Å². The first kappa shape index (κ1) is 21.8. The van der Waals surface area contributed by atoms with Crippen LogP contribution in [0.5, 0.6) is 0 Å². The fourth-order valence-electron chi connectivity index (χ4n) is 6.17. The van der Waals surface area contributed by atoms with Crippen LogP contribution in [-0.2, 0) is 16.6 Å². The summed E-state index contributed by atoms with van der Waals surface area (Å²) in [6.45, 7) is 0. The summed E-state index contributed by atoms with van der Waals surface area (Å²) in [5.74, 6) is -0.556. The van der Waals surface area contributed by atoms with Crippen LogP contribution in [0, 0.1) is 11.8 Å². The SMILES string of the molecule is Cn1c2cc(-c3ccc(N=C4C(=O)C5CCCCC5C4=O)c4nsnc34)sc2c2sc3ccccc3c21. The van der Waals surface area contributed by atoms with Gasteiger partial charge in [0.2, 0.25) is 0 Å². The number of carbonyl (C=O) groups is 2. The lowest BCUT2D eigenvalue weighted by Gasteiger charge is -2.20. The predicted octanol–water partition coefficient (Wildman–Crippen LogP) is 7.31. The largest absolute Gasteiger partial charge is 0.342 e. The molecule has 2 atom stereocenters. The van der Waals surface area contributed by atoms with Gasteiger partial charge in [-0.05, 0) is 37.1 Å². The molecule has 2 saturated carbocycles. The number of rotatable bonds is 2. The molecule has 2 aliphatic rings. The van der Waals surface area contributed by atoms with E-state index in [1.54, 1.807) is 11.3 Å². The molecule has 9 heteroatoms. The highest BCUT2D eigenvalue weighted by Crippen LogP contribution is 2.47. The Morgan fingerprint density at radius 3 is 2.49 bits per heavy atom. The van der Waals surface area contributed by atoms with Crippen LogP contribution in [0.2, 0.25) is 0 Å². The van der Waals surface area contributed by atoms with Crippen molar-refractivity contribution in [3.63, 3.8) is 0 Å². The maximum atomic E-state index is 13.0. The summed E-state index contributed by atoms with van der Waals surface area (Å²) >= 11 is 4.74. The molecule has 37 heavy (non-hydrogen) atoms. The Hall–Kier alpha value is -3.27. The van der Waals surface area contributed by atoms with E-state index in [-0.39, 0.29) is 29.1 Å². The third kappa shape index (κ3) is 2.99. The molecule has 0 saturated heterocycles. The number of hydrogen-bond acceptors (Lipinski definition) is 8. The van der Waals surface area contributed by atoms with Gasteiger partial charge in [0.25, 0.3) is 0 Å². The third-order valence-electron chi connectivity index (χ3n) is 7.98. The molecule has 2 unspecified atom stereocenters. The van der Waals surface area contributed by atoms with E-state index in [2.05, 4.69) is 55.7 Å². The van der Waals surface area contributed by atoms with E-state index in [1.807, 2.05) is 23.5 Å². The van der Waals surface area contributed by atoms with Crippen LogP contribution in [0.1, 0.15) is 25.7 Å². The molecule has 6 aromatic rings. The fourth-order valence-corrected chi connectivity index (χ4v) is 9.33. The number of thiophene rings is 2. The second-order valence-electron chi connectivity index (χ2n) is 9.94. The molecular formula is C28H20N4O2S3. The summed E-state index contributed by atoms with van der Waals surface area (Å²) < 4.78 is 15.3. The van der Waals surface area contributed by atoms with Gasteiger partial charge in [0, 0.05) is 39.4 Å². The highest BCUT2D eigenvalue weighted by Gasteiger charge is 2.47. The molecule has 0 N–H and O–H groups in total. The van der Waals surface area contributed by atoms with Crippen molar-refractivity contribution in [2.75, 3.05) is 0 Å². The molecule has 4 heterocycles. The number of carbonyl (C=O) groups excluding carboxylic acids is 2. The summed E-state index contributed by atoms with van der Waals surface area (Å²) in [5, 5.41) is 1.29. The average molecular weight is 541 g/mol. The number of benzene rings is 2. The number of ketones is 2. The molecule has 4 aromatic heterocycles. The molecule has 0 spiro atoms. The van der Waals surface area contributed by atoms with Gasteiger partial charge in [0.15, 0.2) is 17.3 Å². The average Bonchev–Trinajstić information content (AvgIpc) is 3.72. The van der Waals surface area contributed by atoms with E-state index in [1.165, 1.54) is 30.5 Å². The monoisotopic (exact) mass is 540 g/mol. The zero-order valence-electron chi connectivity index (χ0n) is 19.9. The number of aliphatic imine (C=N–C) groups is 1. The Morgan fingerprint density at radius 2 is 1.68 bits per heavy atom. The van der Waals surface area contributed by atoms with Crippen molar-refractivity contribution >= 4 is 98.9 Å². The van der Waals surface area contributed by atoms with E-state index in [0.717, 1.165) is 53.4 Å². The molecule has 0 aliphatic heterocycles. The molecule has 6 nitrogen and oxygen atoms in total. The van der Waals surface area contributed by atoms with Gasteiger partial charge < -0.3 is 4.57 Å². The summed E-state index contributed by atoms with van der Waals surface area (Å²) in [4.78, 5) is 31.7. The van der Waals surface area contributed by atoms with Crippen molar-refractivity contribution in [3.8, 4) is 10.4 Å². The minimum atomic E-state index is -0.187. The lowest BCUT2D eigenvalue weighted by Crippen LogP contribution is -2.21. The van der Waals surface area contributed by atoms with E-state index >= 15 is 0 Å².